The maximum absolute atomic E-state index is 8.96. The third kappa shape index (κ3) is 16.1. The Bertz CT molecular complexity index is 222. The number of aliphatic hydroxyl groups excluding tert-OH is 3. The van der Waals surface area contributed by atoms with Gasteiger partial charge in [0.15, 0.2) is 0 Å². The van der Waals surface area contributed by atoms with Gasteiger partial charge in [-0.3, -0.25) is 9.11 Å². The van der Waals surface area contributed by atoms with Gasteiger partial charge in [-0.25, -0.2) is 4.90 Å². The van der Waals surface area contributed by atoms with Gasteiger partial charge in [0.2, 0.25) is 0 Å². The first-order valence-electron chi connectivity index (χ1n) is 3.98. The van der Waals surface area contributed by atoms with Crippen LogP contribution in [0.5, 0.6) is 0 Å². The molecule has 0 fully saturated rings. The summed E-state index contributed by atoms with van der Waals surface area (Å²) < 4.78 is 31.6. The molecule has 0 saturated heterocycles. The van der Waals surface area contributed by atoms with Crippen molar-refractivity contribution >= 4 is 10.4 Å². The molecule has 0 aromatic rings. The molecule has 0 saturated carbocycles. The third-order valence-corrected chi connectivity index (χ3v) is 1.29. The van der Waals surface area contributed by atoms with Crippen molar-refractivity contribution in [3.8, 4) is 0 Å². The molecular weight excluding hydrogens is 246 g/mol. The van der Waals surface area contributed by atoms with E-state index in [0.29, 0.717) is 0 Å². The minimum absolute atomic E-state index is 0. The average Bonchev–Trinajstić information content (AvgIpc) is 1.77. The molecule has 3 atom stereocenters. The minimum atomic E-state index is -4.67. The van der Waals surface area contributed by atoms with Gasteiger partial charge in [0.1, 0.15) is 18.7 Å². The summed E-state index contributed by atoms with van der Waals surface area (Å²) in [7, 11) is -4.67. The van der Waals surface area contributed by atoms with Gasteiger partial charge in [0, 0.05) is 0 Å². The lowest BCUT2D eigenvalue weighted by molar-refractivity contribution is -0.159. The Morgan fingerprint density at radius 1 is 0.875 bits per heavy atom. The second-order valence-electron chi connectivity index (χ2n) is 2.79. The molecule has 0 aromatic heterocycles. The SMILES string of the molecule is CC(O)N(C(C)O)C(C)O.O.O=S(=O)(O)O. The van der Waals surface area contributed by atoms with Gasteiger partial charge in [-0.15, -0.1) is 0 Å². The smallest absolute Gasteiger partial charge is 0.394 e. The van der Waals surface area contributed by atoms with Crippen LogP contribution < -0.4 is 0 Å². The monoisotopic (exact) mass is 265 g/mol. The first kappa shape index (κ1) is 21.0. The first-order chi connectivity index (χ1) is 6.46. The Morgan fingerprint density at radius 3 is 1.00 bits per heavy atom. The van der Waals surface area contributed by atoms with Crippen molar-refractivity contribution < 1.29 is 38.3 Å². The maximum Gasteiger partial charge on any atom is 0.394 e. The van der Waals surface area contributed by atoms with Crippen molar-refractivity contribution in [2.45, 2.75) is 39.5 Å². The summed E-state index contributed by atoms with van der Waals surface area (Å²) in [6.45, 7) is 4.46. The van der Waals surface area contributed by atoms with Gasteiger partial charge in [-0.1, -0.05) is 0 Å². The molecule has 102 valence electrons. The molecule has 10 heteroatoms. The topological polar surface area (TPSA) is 170 Å². The summed E-state index contributed by atoms with van der Waals surface area (Å²) in [6, 6.07) is 0. The molecule has 0 aliphatic heterocycles. The molecule has 0 aromatic carbocycles. The van der Waals surface area contributed by atoms with E-state index in [4.69, 9.17) is 32.8 Å². The fourth-order valence-corrected chi connectivity index (χ4v) is 0.937. The number of aliphatic hydroxyl groups is 3. The third-order valence-electron chi connectivity index (χ3n) is 1.29. The molecule has 0 radical (unpaired) electrons. The fourth-order valence-electron chi connectivity index (χ4n) is 0.937. The standard InChI is InChI=1S/C6H15NO3.H2O4S.H2O/c1-4(8)7(5(2)9)6(3)10;1-5(2,3)4;/h4-6,8-10H,1-3H3;(H2,1,2,3,4);1H2. The van der Waals surface area contributed by atoms with Crippen LogP contribution in [0.1, 0.15) is 20.8 Å². The van der Waals surface area contributed by atoms with Crippen LogP contribution in [0.25, 0.3) is 0 Å². The Hall–Kier alpha value is -0.330. The van der Waals surface area contributed by atoms with Crippen LogP contribution >= 0.6 is 0 Å². The normalized spacial score (nSPS) is 16.6. The lowest BCUT2D eigenvalue weighted by atomic mass is 10.4. The highest BCUT2D eigenvalue weighted by Gasteiger charge is 2.20. The molecular formula is C6H19NO8S. The fraction of sp³-hybridized carbons (Fsp3) is 1.00. The van der Waals surface area contributed by atoms with Crippen LogP contribution in [0.15, 0.2) is 0 Å². The molecule has 0 aliphatic rings. The van der Waals surface area contributed by atoms with Crippen molar-refractivity contribution in [3.05, 3.63) is 0 Å². The molecule has 0 spiro atoms. The summed E-state index contributed by atoms with van der Waals surface area (Å²) in [5.74, 6) is 0. The lowest BCUT2D eigenvalue weighted by Gasteiger charge is -2.30. The Balaban J connectivity index is -0.000000242. The summed E-state index contributed by atoms with van der Waals surface area (Å²) >= 11 is 0. The van der Waals surface area contributed by atoms with E-state index < -0.39 is 29.1 Å². The van der Waals surface area contributed by atoms with E-state index in [1.807, 2.05) is 0 Å². The summed E-state index contributed by atoms with van der Waals surface area (Å²) in [5.41, 5.74) is 0. The van der Waals surface area contributed by atoms with Gasteiger partial charge in [-0.2, -0.15) is 8.42 Å². The molecule has 0 amide bonds. The summed E-state index contributed by atoms with van der Waals surface area (Å²) in [5, 5.41) is 26.9. The maximum atomic E-state index is 8.96. The molecule has 0 bridgehead atoms. The highest BCUT2D eigenvalue weighted by atomic mass is 32.3. The number of rotatable bonds is 3. The number of nitrogens with zero attached hydrogens (tertiary/aromatic N) is 1. The van der Waals surface area contributed by atoms with E-state index in [-0.39, 0.29) is 5.48 Å². The first-order valence-corrected chi connectivity index (χ1v) is 5.38. The van der Waals surface area contributed by atoms with Gasteiger partial charge >= 0.3 is 10.4 Å². The largest absolute Gasteiger partial charge is 0.412 e. The molecule has 7 N–H and O–H groups in total. The predicted molar refractivity (Wildman–Crippen MR) is 54.7 cm³/mol. The van der Waals surface area contributed by atoms with E-state index in [1.165, 1.54) is 25.7 Å². The molecule has 0 aliphatic carbocycles. The zero-order chi connectivity index (χ0) is 12.8. The van der Waals surface area contributed by atoms with Gasteiger partial charge in [-0.05, 0) is 20.8 Å². The van der Waals surface area contributed by atoms with Crippen LogP contribution in [0, 0.1) is 0 Å². The average molecular weight is 265 g/mol. The molecule has 0 rings (SSSR count). The number of hydrogen-bond acceptors (Lipinski definition) is 6. The second-order valence-corrected chi connectivity index (χ2v) is 3.69. The zero-order valence-corrected chi connectivity index (χ0v) is 9.96. The minimum Gasteiger partial charge on any atom is -0.412 e. The van der Waals surface area contributed by atoms with Gasteiger partial charge in [0.05, 0.1) is 0 Å². The molecule has 9 nitrogen and oxygen atoms in total. The van der Waals surface area contributed by atoms with Crippen molar-refractivity contribution in [1.82, 2.24) is 4.90 Å². The second kappa shape index (κ2) is 8.78. The quantitative estimate of drug-likeness (QED) is 0.283. The Morgan fingerprint density at radius 2 is 1.00 bits per heavy atom. The van der Waals surface area contributed by atoms with Crippen LogP contribution in [-0.2, 0) is 10.4 Å². The highest BCUT2D eigenvalue weighted by molar-refractivity contribution is 7.79. The molecule has 0 heterocycles. The van der Waals surface area contributed by atoms with Gasteiger partial charge in [0.25, 0.3) is 0 Å². The highest BCUT2D eigenvalue weighted by Crippen LogP contribution is 2.04. The van der Waals surface area contributed by atoms with Crippen LogP contribution in [0.2, 0.25) is 0 Å². The van der Waals surface area contributed by atoms with Crippen molar-refractivity contribution in [3.63, 3.8) is 0 Å². The zero-order valence-electron chi connectivity index (χ0n) is 9.14. The van der Waals surface area contributed by atoms with E-state index >= 15 is 0 Å². The summed E-state index contributed by atoms with van der Waals surface area (Å²) in [6.07, 6.45) is -2.50. The van der Waals surface area contributed by atoms with E-state index in [0.717, 1.165) is 0 Å². The van der Waals surface area contributed by atoms with Crippen molar-refractivity contribution in [1.29, 1.82) is 0 Å². The summed E-state index contributed by atoms with van der Waals surface area (Å²) in [4.78, 5) is 1.17. The lowest BCUT2D eigenvalue weighted by Crippen LogP contribution is -2.45. The van der Waals surface area contributed by atoms with Crippen LogP contribution in [0.4, 0.5) is 0 Å². The van der Waals surface area contributed by atoms with Gasteiger partial charge < -0.3 is 20.8 Å². The van der Waals surface area contributed by atoms with Crippen molar-refractivity contribution in [2.24, 2.45) is 0 Å². The number of hydrogen-bond donors (Lipinski definition) is 5. The molecule has 16 heavy (non-hydrogen) atoms. The Kier molecular flexibility index (Phi) is 11.5. The molecule has 3 unspecified atom stereocenters. The van der Waals surface area contributed by atoms with E-state index in [1.54, 1.807) is 0 Å². The van der Waals surface area contributed by atoms with Crippen LogP contribution in [-0.4, -0.2) is 61.9 Å². The van der Waals surface area contributed by atoms with E-state index in [2.05, 4.69) is 0 Å². The van der Waals surface area contributed by atoms with Crippen LogP contribution in [0.3, 0.4) is 0 Å². The van der Waals surface area contributed by atoms with E-state index in [9.17, 15) is 0 Å². The predicted octanol–water partition coefficient (Wildman–Crippen LogP) is -2.17. The van der Waals surface area contributed by atoms with Crippen molar-refractivity contribution in [2.75, 3.05) is 0 Å². The Labute approximate surface area is 93.8 Å².